The van der Waals surface area contributed by atoms with Crippen molar-refractivity contribution in [3.63, 3.8) is 0 Å². The molecule has 0 bridgehead atoms. The van der Waals surface area contributed by atoms with Crippen LogP contribution >= 0.6 is 43.2 Å². The highest BCUT2D eigenvalue weighted by atomic mass is 79.9. The van der Waals surface area contributed by atoms with Crippen LogP contribution < -0.4 is 14.9 Å². The van der Waals surface area contributed by atoms with Gasteiger partial charge in [0.05, 0.1) is 32.9 Å². The number of benzene rings is 2. The molecule has 0 fully saturated rings. The molecule has 0 saturated carbocycles. The van der Waals surface area contributed by atoms with Crippen molar-refractivity contribution in [1.29, 1.82) is 0 Å². The number of aryl methyl sites for hydroxylation is 1. The number of phenolic OH excluding ortho intramolecular Hbond substituents is 1. The van der Waals surface area contributed by atoms with Crippen LogP contribution in [0.3, 0.4) is 0 Å². The van der Waals surface area contributed by atoms with Crippen molar-refractivity contribution < 1.29 is 14.6 Å². The number of allylic oxidation sites excluding steroid dienone is 1. The van der Waals surface area contributed by atoms with Gasteiger partial charge in [-0.2, -0.15) is 0 Å². The molecule has 9 heteroatoms. The van der Waals surface area contributed by atoms with E-state index in [1.807, 2.05) is 31.2 Å². The van der Waals surface area contributed by atoms with Gasteiger partial charge >= 0.3 is 5.97 Å². The summed E-state index contributed by atoms with van der Waals surface area (Å²) in [6.07, 6.45) is 1.63. The fraction of sp³-hybridized carbons (Fsp3) is 0.208. The van der Waals surface area contributed by atoms with Crippen LogP contribution in [0, 0.1) is 6.92 Å². The Morgan fingerprint density at radius 3 is 2.61 bits per heavy atom. The van der Waals surface area contributed by atoms with Crippen LogP contribution in [-0.4, -0.2) is 22.2 Å². The lowest BCUT2D eigenvalue weighted by atomic mass is 9.95. The average Bonchev–Trinajstić information content (AvgIpc) is 3.06. The van der Waals surface area contributed by atoms with Crippen molar-refractivity contribution >= 4 is 55.2 Å². The number of hydrogen-bond acceptors (Lipinski definition) is 6. The van der Waals surface area contributed by atoms with Gasteiger partial charge in [0.2, 0.25) is 0 Å². The molecule has 4 rings (SSSR count). The zero-order valence-electron chi connectivity index (χ0n) is 18.1. The molecule has 1 atom stereocenters. The molecule has 1 aliphatic heterocycles. The van der Waals surface area contributed by atoms with Crippen molar-refractivity contribution in [1.82, 2.24) is 4.57 Å². The van der Waals surface area contributed by atoms with Gasteiger partial charge in [-0.1, -0.05) is 57.1 Å². The van der Waals surface area contributed by atoms with Gasteiger partial charge in [0.25, 0.3) is 5.56 Å². The highest BCUT2D eigenvalue weighted by Crippen LogP contribution is 2.33. The van der Waals surface area contributed by atoms with Crippen LogP contribution in [0.1, 0.15) is 36.6 Å². The molecular formula is C24H20Br2N2O4S. The minimum Gasteiger partial charge on any atom is -0.506 e. The Labute approximate surface area is 210 Å². The van der Waals surface area contributed by atoms with E-state index in [2.05, 4.69) is 36.9 Å². The third-order valence-corrected chi connectivity index (χ3v) is 7.30. The molecule has 0 radical (unpaired) electrons. The van der Waals surface area contributed by atoms with E-state index in [0.29, 0.717) is 30.6 Å². The van der Waals surface area contributed by atoms with Crippen LogP contribution in [0.25, 0.3) is 6.08 Å². The van der Waals surface area contributed by atoms with Gasteiger partial charge < -0.3 is 9.84 Å². The van der Waals surface area contributed by atoms with E-state index in [9.17, 15) is 14.7 Å². The number of ether oxygens (including phenoxy) is 1. The van der Waals surface area contributed by atoms with Crippen molar-refractivity contribution in [3.05, 3.63) is 93.0 Å². The quantitative estimate of drug-likeness (QED) is 0.458. The summed E-state index contributed by atoms with van der Waals surface area (Å²) in [6, 6.07) is 10.5. The largest absolute Gasteiger partial charge is 0.506 e. The standard InChI is InChI=1S/C24H20Br2N2O4S/c1-4-32-23(31)19-13(3)27-24-28(20(19)14-7-5-12(2)6-8-14)22(30)18(33-24)10-15-9-16(25)11-17(26)21(15)29/h5-11,20,29H,4H2,1-3H3/b18-10+/t20-/m1/s1. The van der Waals surface area contributed by atoms with Crippen LogP contribution in [0.5, 0.6) is 5.75 Å². The Balaban J connectivity index is 1.98. The first-order valence-electron chi connectivity index (χ1n) is 10.2. The highest BCUT2D eigenvalue weighted by Gasteiger charge is 2.33. The summed E-state index contributed by atoms with van der Waals surface area (Å²) < 4.78 is 8.49. The number of thiazole rings is 1. The van der Waals surface area contributed by atoms with Crippen molar-refractivity contribution in [3.8, 4) is 5.75 Å². The predicted molar refractivity (Wildman–Crippen MR) is 135 cm³/mol. The second kappa shape index (κ2) is 9.40. The minimum atomic E-state index is -0.661. The Hall–Kier alpha value is -2.49. The SMILES string of the molecule is CCOC(=O)C1=C(C)N=c2s/c(=C/c3cc(Br)cc(Br)c3O)c(=O)n2[C@@H]1c1ccc(C)cc1. The van der Waals surface area contributed by atoms with Crippen molar-refractivity contribution in [2.75, 3.05) is 6.61 Å². The predicted octanol–water partition coefficient (Wildman–Crippen LogP) is 4.34. The summed E-state index contributed by atoms with van der Waals surface area (Å²) in [6.45, 7) is 5.69. The fourth-order valence-electron chi connectivity index (χ4n) is 3.69. The van der Waals surface area contributed by atoms with Gasteiger partial charge in [-0.25, -0.2) is 9.79 Å². The second-order valence-electron chi connectivity index (χ2n) is 7.54. The molecule has 6 nitrogen and oxygen atoms in total. The lowest BCUT2D eigenvalue weighted by molar-refractivity contribution is -0.139. The van der Waals surface area contributed by atoms with Crippen LogP contribution in [0.2, 0.25) is 0 Å². The molecule has 0 aliphatic carbocycles. The first-order valence-corrected chi connectivity index (χ1v) is 12.6. The molecule has 1 aromatic heterocycles. The van der Waals surface area contributed by atoms with Crippen LogP contribution in [-0.2, 0) is 9.53 Å². The summed E-state index contributed by atoms with van der Waals surface area (Å²) in [5.74, 6) is -0.463. The van der Waals surface area contributed by atoms with Crippen LogP contribution in [0.4, 0.5) is 0 Å². The van der Waals surface area contributed by atoms with Gasteiger partial charge in [-0.3, -0.25) is 9.36 Å². The van der Waals surface area contributed by atoms with E-state index in [0.717, 1.165) is 15.6 Å². The third-order valence-electron chi connectivity index (χ3n) is 5.25. The normalized spacial score (nSPS) is 15.9. The fourth-order valence-corrected chi connectivity index (χ4v) is 5.99. The molecule has 0 amide bonds. The maximum Gasteiger partial charge on any atom is 0.338 e. The van der Waals surface area contributed by atoms with Gasteiger partial charge in [0.15, 0.2) is 4.80 Å². The van der Waals surface area contributed by atoms with E-state index < -0.39 is 12.0 Å². The van der Waals surface area contributed by atoms with Gasteiger partial charge in [-0.05, 0) is 60.5 Å². The second-order valence-corrected chi connectivity index (χ2v) is 10.3. The Morgan fingerprint density at radius 1 is 1.24 bits per heavy atom. The number of halogens is 2. The number of aromatic nitrogens is 1. The summed E-state index contributed by atoms with van der Waals surface area (Å²) in [5, 5.41) is 10.5. The number of hydrogen-bond donors (Lipinski definition) is 1. The molecule has 0 unspecified atom stereocenters. The number of carbonyl (C=O) groups excluding carboxylic acids is 1. The number of rotatable bonds is 4. The van der Waals surface area contributed by atoms with E-state index >= 15 is 0 Å². The third kappa shape index (κ3) is 4.49. The number of phenols is 1. The highest BCUT2D eigenvalue weighted by molar-refractivity contribution is 9.11. The summed E-state index contributed by atoms with van der Waals surface area (Å²) >= 11 is 7.94. The number of fused-ring (bicyclic) bond motifs is 1. The summed E-state index contributed by atoms with van der Waals surface area (Å²) in [5.41, 5.74) is 2.90. The summed E-state index contributed by atoms with van der Waals surface area (Å²) in [7, 11) is 0. The molecule has 1 aliphatic rings. The zero-order chi connectivity index (χ0) is 23.9. The molecule has 2 aromatic carbocycles. The first-order chi connectivity index (χ1) is 15.7. The summed E-state index contributed by atoms with van der Waals surface area (Å²) in [4.78, 5) is 31.5. The average molecular weight is 592 g/mol. The lowest BCUT2D eigenvalue weighted by Gasteiger charge is -2.24. The molecule has 170 valence electrons. The zero-order valence-corrected chi connectivity index (χ0v) is 22.0. The van der Waals surface area contributed by atoms with E-state index in [4.69, 9.17) is 4.74 Å². The molecule has 3 aromatic rings. The first kappa shape index (κ1) is 23.7. The molecular weight excluding hydrogens is 572 g/mol. The molecule has 1 N–H and O–H groups in total. The minimum absolute atomic E-state index is 0.0301. The van der Waals surface area contributed by atoms with Crippen molar-refractivity contribution in [2.45, 2.75) is 26.8 Å². The van der Waals surface area contributed by atoms with Crippen molar-refractivity contribution in [2.24, 2.45) is 4.99 Å². The number of carbonyl (C=O) groups is 1. The molecule has 2 heterocycles. The number of esters is 1. The van der Waals surface area contributed by atoms with Gasteiger partial charge in [-0.15, -0.1) is 0 Å². The van der Waals surface area contributed by atoms with E-state index in [-0.39, 0.29) is 17.9 Å². The molecule has 0 saturated heterocycles. The van der Waals surface area contributed by atoms with Crippen LogP contribution in [0.15, 0.2) is 66.4 Å². The number of nitrogens with zero attached hydrogens (tertiary/aromatic N) is 2. The van der Waals surface area contributed by atoms with E-state index in [1.165, 1.54) is 15.9 Å². The maximum atomic E-state index is 13.6. The smallest absolute Gasteiger partial charge is 0.338 e. The maximum absolute atomic E-state index is 13.6. The van der Waals surface area contributed by atoms with Gasteiger partial charge in [0.1, 0.15) is 5.75 Å². The topological polar surface area (TPSA) is 80.9 Å². The molecule has 0 spiro atoms. The van der Waals surface area contributed by atoms with Gasteiger partial charge in [0, 0.05) is 10.0 Å². The monoisotopic (exact) mass is 590 g/mol. The molecule has 33 heavy (non-hydrogen) atoms. The Kier molecular flexibility index (Phi) is 6.74. The Morgan fingerprint density at radius 2 is 1.94 bits per heavy atom. The number of aromatic hydroxyl groups is 1. The van der Waals surface area contributed by atoms with E-state index in [1.54, 1.807) is 32.1 Å². The lowest BCUT2D eigenvalue weighted by Crippen LogP contribution is -2.39. The Bertz CT molecular complexity index is 1470.